The normalized spacial score (nSPS) is 15.7. The van der Waals surface area contributed by atoms with Gasteiger partial charge in [-0.1, -0.05) is 12.1 Å². The van der Waals surface area contributed by atoms with Crippen molar-refractivity contribution in [3.63, 3.8) is 0 Å². The molecule has 1 fully saturated rings. The van der Waals surface area contributed by atoms with Crippen molar-refractivity contribution < 1.29 is 13.2 Å². The molecule has 1 N–H and O–H groups in total. The summed E-state index contributed by atoms with van der Waals surface area (Å²) in [4.78, 5) is 6.80. The van der Waals surface area contributed by atoms with Crippen LogP contribution in [0.15, 0.2) is 48.7 Å². The molecule has 152 valence electrons. The van der Waals surface area contributed by atoms with Gasteiger partial charge in [0.15, 0.2) is 0 Å². The lowest BCUT2D eigenvalue weighted by atomic mass is 9.97. The topological polar surface area (TPSA) is 28.2 Å². The molecule has 1 atom stereocenters. The molecule has 29 heavy (non-hydrogen) atoms. The Bertz CT molecular complexity index is 1020. The second kappa shape index (κ2) is 7.58. The van der Waals surface area contributed by atoms with Gasteiger partial charge < -0.3 is 10.2 Å². The number of pyridine rings is 1. The predicted octanol–water partition coefficient (Wildman–Crippen LogP) is 6.34. The van der Waals surface area contributed by atoms with Crippen LogP contribution in [0.4, 0.5) is 24.5 Å². The lowest BCUT2D eigenvalue weighted by Gasteiger charge is -2.22. The van der Waals surface area contributed by atoms with Gasteiger partial charge in [-0.05, 0) is 68.1 Å². The van der Waals surface area contributed by atoms with E-state index in [2.05, 4.69) is 27.3 Å². The summed E-state index contributed by atoms with van der Waals surface area (Å²) in [6, 6.07) is 12.2. The van der Waals surface area contributed by atoms with E-state index >= 15 is 0 Å². The molecule has 1 aliphatic rings. The number of nitrogens with one attached hydrogen (secondary N) is 1. The Morgan fingerprint density at radius 3 is 2.55 bits per heavy atom. The van der Waals surface area contributed by atoms with Crippen molar-refractivity contribution in [1.29, 1.82) is 0 Å². The fourth-order valence-electron chi connectivity index (χ4n) is 4.17. The second-order valence-corrected chi connectivity index (χ2v) is 7.64. The van der Waals surface area contributed by atoms with Crippen molar-refractivity contribution >= 4 is 22.3 Å². The predicted molar refractivity (Wildman–Crippen MR) is 111 cm³/mol. The number of alkyl halides is 3. The number of fused-ring (bicyclic) bond motifs is 1. The van der Waals surface area contributed by atoms with E-state index in [1.165, 1.54) is 25.8 Å². The Morgan fingerprint density at radius 2 is 1.83 bits per heavy atom. The minimum absolute atomic E-state index is 0.260. The van der Waals surface area contributed by atoms with Gasteiger partial charge in [0.05, 0.1) is 11.1 Å². The van der Waals surface area contributed by atoms with Gasteiger partial charge in [0.25, 0.3) is 0 Å². The van der Waals surface area contributed by atoms with E-state index in [-0.39, 0.29) is 11.6 Å². The Hall–Kier alpha value is -2.76. The van der Waals surface area contributed by atoms with Crippen LogP contribution in [0.2, 0.25) is 0 Å². The molecule has 3 aromatic rings. The van der Waals surface area contributed by atoms with E-state index < -0.39 is 11.7 Å². The lowest BCUT2D eigenvalue weighted by molar-refractivity contribution is -0.138. The summed E-state index contributed by atoms with van der Waals surface area (Å²) in [7, 11) is 0. The van der Waals surface area contributed by atoms with Crippen molar-refractivity contribution in [2.75, 3.05) is 23.3 Å². The summed E-state index contributed by atoms with van der Waals surface area (Å²) >= 11 is 0. The molecular weight excluding hydrogens is 375 g/mol. The Morgan fingerprint density at radius 1 is 1.07 bits per heavy atom. The average molecular weight is 399 g/mol. The number of halogens is 3. The highest BCUT2D eigenvalue weighted by atomic mass is 19.4. The Kier molecular flexibility index (Phi) is 5.11. The monoisotopic (exact) mass is 399 g/mol. The second-order valence-electron chi connectivity index (χ2n) is 7.64. The van der Waals surface area contributed by atoms with Crippen molar-refractivity contribution in [1.82, 2.24) is 4.98 Å². The van der Waals surface area contributed by atoms with Gasteiger partial charge in [0, 0.05) is 42.1 Å². The van der Waals surface area contributed by atoms with Crippen LogP contribution < -0.4 is 10.2 Å². The molecule has 0 bridgehead atoms. The maximum absolute atomic E-state index is 13.3. The zero-order chi connectivity index (χ0) is 20.6. The highest BCUT2D eigenvalue weighted by molar-refractivity contribution is 5.93. The van der Waals surface area contributed by atoms with Gasteiger partial charge in [-0.2, -0.15) is 13.2 Å². The molecule has 0 aliphatic carbocycles. The smallest absolute Gasteiger partial charge is 0.378 e. The molecule has 4 rings (SSSR count). The van der Waals surface area contributed by atoms with E-state index in [1.54, 1.807) is 12.3 Å². The van der Waals surface area contributed by atoms with Crippen molar-refractivity contribution in [2.24, 2.45) is 0 Å². The molecular formula is C23H24F3N3. The number of hydrogen-bond donors (Lipinski definition) is 1. The maximum atomic E-state index is 13.3. The van der Waals surface area contributed by atoms with Crippen LogP contribution in [0.3, 0.4) is 0 Å². The number of benzene rings is 2. The lowest BCUT2D eigenvalue weighted by Crippen LogP contribution is -2.17. The van der Waals surface area contributed by atoms with E-state index in [0.717, 1.165) is 41.4 Å². The maximum Gasteiger partial charge on any atom is 0.416 e. The third-order valence-electron chi connectivity index (χ3n) is 5.72. The van der Waals surface area contributed by atoms with Crippen molar-refractivity contribution in [3.8, 4) is 0 Å². The summed E-state index contributed by atoms with van der Waals surface area (Å²) in [5, 5.41) is 4.39. The van der Waals surface area contributed by atoms with E-state index in [9.17, 15) is 13.2 Å². The minimum atomic E-state index is -4.35. The van der Waals surface area contributed by atoms with E-state index in [0.29, 0.717) is 5.56 Å². The zero-order valence-corrected chi connectivity index (χ0v) is 16.6. The fraction of sp³-hybridized carbons (Fsp3) is 0.348. The summed E-state index contributed by atoms with van der Waals surface area (Å²) in [5.41, 5.74) is 3.22. The number of nitrogens with zero attached hydrogens (tertiary/aromatic N) is 2. The quantitative estimate of drug-likeness (QED) is 0.555. The zero-order valence-electron chi connectivity index (χ0n) is 16.6. The first-order valence-corrected chi connectivity index (χ1v) is 9.91. The first kappa shape index (κ1) is 19.6. The van der Waals surface area contributed by atoms with Crippen molar-refractivity contribution in [3.05, 3.63) is 65.4 Å². The molecule has 0 unspecified atom stereocenters. The SMILES string of the molecule is Cc1c([C@@H](C)Nc2ccnc3ccc(N4CCCC4)cc23)cccc1C(F)(F)F. The van der Waals surface area contributed by atoms with E-state index in [4.69, 9.17) is 0 Å². The minimum Gasteiger partial charge on any atom is -0.378 e. The number of aromatic nitrogens is 1. The van der Waals surface area contributed by atoms with E-state index in [1.807, 2.05) is 19.1 Å². The molecule has 2 aromatic carbocycles. The molecule has 0 saturated carbocycles. The van der Waals surface area contributed by atoms with Crippen LogP contribution in [0.5, 0.6) is 0 Å². The number of hydrogen-bond acceptors (Lipinski definition) is 3. The molecule has 0 spiro atoms. The summed E-state index contributed by atoms with van der Waals surface area (Å²) in [5.74, 6) is 0. The van der Waals surface area contributed by atoms with Crippen LogP contribution in [0.25, 0.3) is 10.9 Å². The summed E-state index contributed by atoms with van der Waals surface area (Å²) < 4.78 is 39.9. The molecule has 3 nitrogen and oxygen atoms in total. The fourth-order valence-corrected chi connectivity index (χ4v) is 4.17. The van der Waals surface area contributed by atoms with Crippen LogP contribution >= 0.6 is 0 Å². The third-order valence-corrected chi connectivity index (χ3v) is 5.72. The van der Waals surface area contributed by atoms with Gasteiger partial charge in [0.1, 0.15) is 0 Å². The van der Waals surface area contributed by atoms with Crippen molar-refractivity contribution in [2.45, 2.75) is 38.9 Å². The van der Waals surface area contributed by atoms with Gasteiger partial charge in [-0.25, -0.2) is 0 Å². The van der Waals surface area contributed by atoms with Gasteiger partial charge in [-0.3, -0.25) is 4.98 Å². The molecule has 1 aliphatic heterocycles. The first-order chi connectivity index (χ1) is 13.8. The van der Waals surface area contributed by atoms with Crippen LogP contribution in [0.1, 0.15) is 42.5 Å². The van der Waals surface area contributed by atoms with Crippen LogP contribution in [-0.4, -0.2) is 18.1 Å². The molecule has 1 saturated heterocycles. The molecule has 6 heteroatoms. The molecule has 1 aromatic heterocycles. The summed E-state index contributed by atoms with van der Waals surface area (Å²) in [6.45, 7) is 5.52. The number of anilines is 2. The van der Waals surface area contributed by atoms with Gasteiger partial charge in [-0.15, -0.1) is 0 Å². The van der Waals surface area contributed by atoms with Gasteiger partial charge in [0.2, 0.25) is 0 Å². The third kappa shape index (κ3) is 3.88. The highest BCUT2D eigenvalue weighted by Gasteiger charge is 2.33. The number of rotatable bonds is 4. The molecule has 2 heterocycles. The Balaban J connectivity index is 1.68. The highest BCUT2D eigenvalue weighted by Crippen LogP contribution is 2.36. The summed E-state index contributed by atoms with van der Waals surface area (Å²) in [6.07, 6.45) is -0.232. The largest absolute Gasteiger partial charge is 0.416 e. The van der Waals surface area contributed by atoms with Crippen LogP contribution in [-0.2, 0) is 6.18 Å². The Labute approximate surface area is 168 Å². The molecule has 0 radical (unpaired) electrons. The standard InChI is InChI=1S/C23H24F3N3/c1-15-18(6-5-7-20(15)23(24,25)26)16(2)28-22-10-11-27-21-9-8-17(14-19(21)22)29-12-3-4-13-29/h5-11,14,16H,3-4,12-13H2,1-2H3,(H,27,28)/t16-/m1/s1. The molecule has 0 amide bonds. The van der Waals surface area contributed by atoms with Crippen LogP contribution in [0, 0.1) is 6.92 Å². The van der Waals surface area contributed by atoms with Gasteiger partial charge >= 0.3 is 6.18 Å². The first-order valence-electron chi connectivity index (χ1n) is 9.91. The average Bonchev–Trinajstić information content (AvgIpc) is 3.22.